The van der Waals surface area contributed by atoms with Gasteiger partial charge in [-0.25, -0.2) is 13.2 Å². The van der Waals surface area contributed by atoms with Crippen LogP contribution in [0.2, 0.25) is 0 Å². The van der Waals surface area contributed by atoms with Crippen LogP contribution in [0.4, 0.5) is 13.2 Å². The van der Waals surface area contributed by atoms with Crippen molar-refractivity contribution >= 4 is 16.0 Å². The summed E-state index contributed by atoms with van der Waals surface area (Å²) < 4.78 is 66.5. The molecular formula is C16H22F3N3O5S. The number of ether oxygens (including phenoxy) is 1. The minimum Gasteiger partial charge on any atom is -0.475 e. The summed E-state index contributed by atoms with van der Waals surface area (Å²) >= 11 is 0. The van der Waals surface area contributed by atoms with Crippen LogP contribution in [0.1, 0.15) is 25.7 Å². The predicted molar refractivity (Wildman–Crippen MR) is 90.8 cm³/mol. The van der Waals surface area contributed by atoms with Gasteiger partial charge in [-0.15, -0.1) is 0 Å². The molecular weight excluding hydrogens is 403 g/mol. The van der Waals surface area contributed by atoms with Crippen molar-refractivity contribution in [3.8, 4) is 0 Å². The van der Waals surface area contributed by atoms with Gasteiger partial charge in [0.25, 0.3) is 0 Å². The lowest BCUT2D eigenvalue weighted by atomic mass is 10.0. The van der Waals surface area contributed by atoms with Gasteiger partial charge < -0.3 is 9.84 Å². The third kappa shape index (κ3) is 4.66. The van der Waals surface area contributed by atoms with Gasteiger partial charge in [0, 0.05) is 31.4 Å². The van der Waals surface area contributed by atoms with E-state index < -0.39 is 22.2 Å². The van der Waals surface area contributed by atoms with Crippen LogP contribution < -0.4 is 0 Å². The van der Waals surface area contributed by atoms with E-state index >= 15 is 0 Å². The lowest BCUT2D eigenvalue weighted by Gasteiger charge is -2.38. The van der Waals surface area contributed by atoms with Crippen LogP contribution in [-0.2, 0) is 26.1 Å². The fourth-order valence-corrected chi connectivity index (χ4v) is 5.79. The highest BCUT2D eigenvalue weighted by molar-refractivity contribution is 7.90. The van der Waals surface area contributed by atoms with Gasteiger partial charge in [-0.1, -0.05) is 0 Å². The van der Waals surface area contributed by atoms with Gasteiger partial charge in [0.05, 0.1) is 24.0 Å². The van der Waals surface area contributed by atoms with E-state index in [-0.39, 0.29) is 17.4 Å². The minimum absolute atomic E-state index is 0.0245. The standard InChI is InChI=1S/C14H21N3O3S.C2HF3O2/c18-21(19,12-3-4-12)17-8-9-20-14-11(2-5-13(14)17)10-16-7-1-6-15-16;3-2(4,5)1(6)7/h1,6-7,11-14H,2-5,8-10H2;(H,6,7)/t11?,13-,14-;/m0./s1. The van der Waals surface area contributed by atoms with Crippen LogP contribution in [-0.4, -0.2) is 70.3 Å². The van der Waals surface area contributed by atoms with E-state index in [9.17, 15) is 21.6 Å². The molecule has 0 radical (unpaired) electrons. The molecule has 1 aromatic heterocycles. The molecule has 3 aliphatic rings. The molecule has 1 aromatic rings. The topological polar surface area (TPSA) is 102 Å². The van der Waals surface area contributed by atoms with Gasteiger partial charge >= 0.3 is 12.1 Å². The van der Waals surface area contributed by atoms with E-state index in [0.717, 1.165) is 32.2 Å². The first-order chi connectivity index (χ1) is 13.1. The average molecular weight is 425 g/mol. The normalized spacial score (nSPS) is 28.3. The number of fused-ring (bicyclic) bond motifs is 1. The molecule has 0 amide bonds. The number of carboxylic acid groups (broad SMARTS) is 1. The Balaban J connectivity index is 0.000000279. The Hall–Kier alpha value is -1.66. The Labute approximate surface area is 160 Å². The van der Waals surface area contributed by atoms with Gasteiger partial charge in [-0.05, 0) is 31.7 Å². The summed E-state index contributed by atoms with van der Waals surface area (Å²) in [5.41, 5.74) is 0. The second kappa shape index (κ2) is 7.99. The summed E-state index contributed by atoms with van der Waals surface area (Å²) in [4.78, 5) is 8.90. The average Bonchev–Trinajstić information content (AvgIpc) is 3.23. The highest BCUT2D eigenvalue weighted by atomic mass is 32.2. The van der Waals surface area contributed by atoms with Gasteiger partial charge in [-0.2, -0.15) is 22.6 Å². The fraction of sp³-hybridized carbons (Fsp3) is 0.750. The molecule has 0 aromatic carbocycles. The van der Waals surface area contributed by atoms with Crippen LogP contribution in [0.15, 0.2) is 18.5 Å². The molecule has 3 atom stereocenters. The van der Waals surface area contributed by atoms with Crippen molar-refractivity contribution in [3.63, 3.8) is 0 Å². The smallest absolute Gasteiger partial charge is 0.475 e. The maximum Gasteiger partial charge on any atom is 0.490 e. The first-order valence-corrected chi connectivity index (χ1v) is 10.5. The highest BCUT2D eigenvalue weighted by Crippen LogP contribution is 2.40. The van der Waals surface area contributed by atoms with E-state index in [1.165, 1.54) is 0 Å². The molecule has 3 fully saturated rings. The molecule has 2 aliphatic carbocycles. The second-order valence-corrected chi connectivity index (χ2v) is 9.29. The van der Waals surface area contributed by atoms with Crippen LogP contribution in [0.5, 0.6) is 0 Å². The number of hydrogen-bond donors (Lipinski definition) is 1. The minimum atomic E-state index is -5.08. The molecule has 12 heteroatoms. The summed E-state index contributed by atoms with van der Waals surface area (Å²) in [5, 5.41) is 11.3. The number of nitrogens with zero attached hydrogens (tertiary/aromatic N) is 3. The van der Waals surface area contributed by atoms with Crippen molar-refractivity contribution in [2.75, 3.05) is 13.2 Å². The van der Waals surface area contributed by atoms with Crippen molar-refractivity contribution < 1.29 is 36.2 Å². The number of hydrogen-bond acceptors (Lipinski definition) is 5. The molecule has 158 valence electrons. The molecule has 28 heavy (non-hydrogen) atoms. The molecule has 0 spiro atoms. The van der Waals surface area contributed by atoms with Crippen molar-refractivity contribution in [2.45, 2.75) is 55.8 Å². The van der Waals surface area contributed by atoms with Crippen LogP contribution in [0.25, 0.3) is 0 Å². The Morgan fingerprint density at radius 1 is 1.25 bits per heavy atom. The number of carboxylic acids is 1. The monoisotopic (exact) mass is 425 g/mol. The number of alkyl halides is 3. The SMILES string of the molecule is O=C(O)C(F)(F)F.O=S(=O)(C1CC1)N1CCO[C@H]2C(Cn3cccn3)CC[C@@H]21. The Kier molecular flexibility index (Phi) is 6.01. The summed E-state index contributed by atoms with van der Waals surface area (Å²) in [6, 6.07) is 1.95. The quantitative estimate of drug-likeness (QED) is 0.784. The molecule has 0 bridgehead atoms. The largest absolute Gasteiger partial charge is 0.490 e. The fourth-order valence-electron chi connectivity index (χ4n) is 3.74. The van der Waals surface area contributed by atoms with E-state index in [1.54, 1.807) is 10.5 Å². The lowest BCUT2D eigenvalue weighted by Crippen LogP contribution is -2.53. The van der Waals surface area contributed by atoms with Crippen LogP contribution >= 0.6 is 0 Å². The summed E-state index contributed by atoms with van der Waals surface area (Å²) in [7, 11) is -3.10. The zero-order valence-electron chi connectivity index (χ0n) is 15.0. The van der Waals surface area contributed by atoms with Crippen molar-refractivity contribution in [2.24, 2.45) is 5.92 Å². The predicted octanol–water partition coefficient (Wildman–Crippen LogP) is 1.49. The molecule has 1 aliphatic heterocycles. The maximum atomic E-state index is 12.6. The van der Waals surface area contributed by atoms with Crippen LogP contribution in [0, 0.1) is 5.92 Å². The number of halogens is 3. The third-order valence-corrected chi connectivity index (χ3v) is 7.59. The number of aliphatic carboxylic acids is 1. The van der Waals surface area contributed by atoms with Crippen molar-refractivity contribution in [1.29, 1.82) is 0 Å². The summed E-state index contributed by atoms with van der Waals surface area (Å²) in [5.74, 6) is -2.40. The summed E-state index contributed by atoms with van der Waals surface area (Å²) in [6.45, 7) is 1.85. The van der Waals surface area contributed by atoms with Crippen molar-refractivity contribution in [3.05, 3.63) is 18.5 Å². The molecule has 2 heterocycles. The van der Waals surface area contributed by atoms with Gasteiger partial charge in [0.1, 0.15) is 0 Å². The van der Waals surface area contributed by atoms with E-state index in [1.807, 2.05) is 16.9 Å². The lowest BCUT2D eigenvalue weighted by molar-refractivity contribution is -0.192. The van der Waals surface area contributed by atoms with E-state index in [0.29, 0.717) is 19.1 Å². The number of carbonyl (C=O) groups is 1. The molecule has 1 unspecified atom stereocenters. The molecule has 4 rings (SSSR count). The molecule has 1 N–H and O–H groups in total. The Bertz CT molecular complexity index is 780. The Morgan fingerprint density at radius 2 is 1.93 bits per heavy atom. The maximum absolute atomic E-state index is 12.6. The van der Waals surface area contributed by atoms with E-state index in [4.69, 9.17) is 14.6 Å². The van der Waals surface area contributed by atoms with Crippen molar-refractivity contribution in [1.82, 2.24) is 14.1 Å². The number of sulfonamides is 1. The first-order valence-electron chi connectivity index (χ1n) is 9.00. The zero-order valence-corrected chi connectivity index (χ0v) is 15.8. The number of morpholine rings is 1. The first kappa shape index (κ1) is 21.1. The van der Waals surface area contributed by atoms with Gasteiger partial charge in [-0.3, -0.25) is 4.68 Å². The van der Waals surface area contributed by atoms with E-state index in [2.05, 4.69) is 5.10 Å². The summed E-state index contributed by atoms with van der Waals surface area (Å²) in [6.07, 6.45) is 2.24. The van der Waals surface area contributed by atoms with Gasteiger partial charge in [0.2, 0.25) is 10.0 Å². The van der Waals surface area contributed by atoms with Gasteiger partial charge in [0.15, 0.2) is 0 Å². The third-order valence-electron chi connectivity index (χ3n) is 5.16. The number of aromatic nitrogens is 2. The second-order valence-electron chi connectivity index (χ2n) is 7.13. The zero-order chi connectivity index (χ0) is 20.5. The molecule has 8 nitrogen and oxygen atoms in total. The molecule has 2 saturated carbocycles. The Morgan fingerprint density at radius 3 is 2.46 bits per heavy atom. The molecule has 1 saturated heterocycles. The highest BCUT2D eigenvalue weighted by Gasteiger charge is 2.50. The van der Waals surface area contributed by atoms with Crippen LogP contribution in [0.3, 0.4) is 0 Å². The number of rotatable bonds is 4.